The Kier molecular flexibility index (Phi) is 4.44. The number of halogens is 1. The zero-order valence-corrected chi connectivity index (χ0v) is 16.1. The van der Waals surface area contributed by atoms with Gasteiger partial charge in [0.25, 0.3) is 0 Å². The van der Waals surface area contributed by atoms with Crippen molar-refractivity contribution in [2.24, 2.45) is 0 Å². The fraction of sp³-hybridized carbons (Fsp3) is 0.227. The number of fused-ring (bicyclic) bond motifs is 1. The molecule has 146 valence electrons. The molecule has 1 atom stereocenters. The van der Waals surface area contributed by atoms with Crippen molar-refractivity contribution in [1.82, 2.24) is 24.9 Å². The first-order chi connectivity index (χ1) is 14.2. The van der Waals surface area contributed by atoms with Crippen LogP contribution in [0.3, 0.4) is 0 Å². The third-order valence-electron chi connectivity index (χ3n) is 5.28. The van der Waals surface area contributed by atoms with Gasteiger partial charge in [-0.2, -0.15) is 0 Å². The van der Waals surface area contributed by atoms with E-state index >= 15 is 0 Å². The number of hydrogen-bond donors (Lipinski definition) is 1. The quantitative estimate of drug-likeness (QED) is 0.583. The van der Waals surface area contributed by atoms with Crippen molar-refractivity contribution in [3.05, 3.63) is 66.9 Å². The van der Waals surface area contributed by atoms with Gasteiger partial charge in [0, 0.05) is 49.2 Å². The summed E-state index contributed by atoms with van der Waals surface area (Å²) in [4.78, 5) is 11.0. The number of hydrogen-bond acceptors (Lipinski definition) is 5. The Hall–Kier alpha value is -3.32. The molecule has 7 heteroatoms. The zero-order valence-electron chi connectivity index (χ0n) is 16.1. The van der Waals surface area contributed by atoms with Crippen LogP contribution in [0.1, 0.15) is 6.92 Å². The predicted octanol–water partition coefficient (Wildman–Crippen LogP) is 3.40. The van der Waals surface area contributed by atoms with Crippen LogP contribution in [0.15, 0.2) is 61.1 Å². The van der Waals surface area contributed by atoms with E-state index < -0.39 is 0 Å². The highest BCUT2D eigenvalue weighted by molar-refractivity contribution is 5.81. The highest BCUT2D eigenvalue weighted by Gasteiger charge is 2.21. The highest BCUT2D eigenvalue weighted by atomic mass is 19.1. The van der Waals surface area contributed by atoms with E-state index in [0.717, 1.165) is 53.5 Å². The maximum Gasteiger partial charge on any atom is 0.162 e. The molecular formula is C22H21FN6. The van der Waals surface area contributed by atoms with Gasteiger partial charge >= 0.3 is 0 Å². The molecule has 5 rings (SSSR count). The molecule has 0 spiro atoms. The molecule has 4 aromatic rings. The lowest BCUT2D eigenvalue weighted by molar-refractivity contribution is 0.481. The number of aromatic nitrogens is 4. The minimum absolute atomic E-state index is 0.254. The molecule has 0 amide bonds. The fourth-order valence-electron chi connectivity index (χ4n) is 3.81. The van der Waals surface area contributed by atoms with Crippen LogP contribution in [0.25, 0.3) is 28.0 Å². The molecule has 0 saturated carbocycles. The average molecular weight is 388 g/mol. The first-order valence-corrected chi connectivity index (χ1v) is 9.72. The van der Waals surface area contributed by atoms with Crippen LogP contribution in [-0.2, 0) is 0 Å². The summed E-state index contributed by atoms with van der Waals surface area (Å²) in [6, 6.07) is 12.9. The largest absolute Gasteiger partial charge is 0.352 e. The standard InChI is InChI=1S/C22H21FN6/c1-15-14-28(11-10-25-15)21-12-19(16-2-4-18(23)5-3-16)22-26-13-20(29(22)27-21)17-6-8-24-9-7-17/h2-9,12-13,15,25H,10-11,14H2,1H3/t15-/m1/s1. The Bertz CT molecular complexity index is 1140. The van der Waals surface area contributed by atoms with Crippen molar-refractivity contribution in [2.75, 3.05) is 24.5 Å². The number of piperazine rings is 1. The van der Waals surface area contributed by atoms with Crippen LogP contribution in [0, 0.1) is 5.82 Å². The molecule has 1 N–H and O–H groups in total. The van der Waals surface area contributed by atoms with E-state index in [4.69, 9.17) is 5.10 Å². The number of anilines is 1. The van der Waals surface area contributed by atoms with Crippen LogP contribution in [-0.4, -0.2) is 45.3 Å². The van der Waals surface area contributed by atoms with Crippen molar-refractivity contribution < 1.29 is 4.39 Å². The van der Waals surface area contributed by atoms with E-state index in [-0.39, 0.29) is 5.82 Å². The summed E-state index contributed by atoms with van der Waals surface area (Å²) in [7, 11) is 0. The molecule has 1 saturated heterocycles. The first-order valence-electron chi connectivity index (χ1n) is 9.72. The van der Waals surface area contributed by atoms with Gasteiger partial charge in [-0.15, -0.1) is 5.10 Å². The van der Waals surface area contributed by atoms with Gasteiger partial charge in [0.2, 0.25) is 0 Å². The maximum absolute atomic E-state index is 13.5. The summed E-state index contributed by atoms with van der Waals surface area (Å²) in [5.41, 5.74) is 4.48. The van der Waals surface area contributed by atoms with E-state index in [1.54, 1.807) is 24.5 Å². The Morgan fingerprint density at radius 1 is 1.07 bits per heavy atom. The fourth-order valence-corrected chi connectivity index (χ4v) is 3.81. The van der Waals surface area contributed by atoms with Crippen molar-refractivity contribution in [2.45, 2.75) is 13.0 Å². The lowest BCUT2D eigenvalue weighted by atomic mass is 10.1. The molecule has 0 bridgehead atoms. The third kappa shape index (κ3) is 3.34. The molecule has 1 aromatic carbocycles. The number of nitrogens with zero attached hydrogens (tertiary/aromatic N) is 5. The number of benzene rings is 1. The van der Waals surface area contributed by atoms with Gasteiger partial charge in [0.1, 0.15) is 11.6 Å². The van der Waals surface area contributed by atoms with Crippen molar-refractivity contribution in [1.29, 1.82) is 0 Å². The summed E-state index contributed by atoms with van der Waals surface area (Å²) >= 11 is 0. The molecule has 6 nitrogen and oxygen atoms in total. The molecule has 3 aromatic heterocycles. The maximum atomic E-state index is 13.5. The molecule has 1 fully saturated rings. The number of nitrogens with one attached hydrogen (secondary N) is 1. The van der Waals surface area contributed by atoms with Crippen LogP contribution in [0.5, 0.6) is 0 Å². The van der Waals surface area contributed by atoms with E-state index in [1.807, 2.05) is 22.8 Å². The van der Waals surface area contributed by atoms with Crippen molar-refractivity contribution in [3.8, 4) is 22.4 Å². The SMILES string of the molecule is C[C@@H]1CN(c2cc(-c3ccc(F)cc3)c3ncc(-c4ccncc4)n3n2)CCN1. The second-order valence-electron chi connectivity index (χ2n) is 7.34. The number of imidazole rings is 1. The zero-order chi connectivity index (χ0) is 19.8. The van der Waals surface area contributed by atoms with Gasteiger partial charge in [-0.1, -0.05) is 12.1 Å². The van der Waals surface area contributed by atoms with Crippen LogP contribution >= 0.6 is 0 Å². The van der Waals surface area contributed by atoms with E-state index in [2.05, 4.69) is 33.2 Å². The summed E-state index contributed by atoms with van der Waals surface area (Å²) < 4.78 is 15.4. The van der Waals surface area contributed by atoms with E-state index in [0.29, 0.717) is 6.04 Å². The molecule has 4 heterocycles. The summed E-state index contributed by atoms with van der Waals surface area (Å²) in [5.74, 6) is 0.634. The third-order valence-corrected chi connectivity index (χ3v) is 5.28. The normalized spacial score (nSPS) is 17.0. The lowest BCUT2D eigenvalue weighted by Crippen LogP contribution is -2.49. The monoisotopic (exact) mass is 388 g/mol. The van der Waals surface area contributed by atoms with E-state index in [1.165, 1.54) is 12.1 Å². The molecule has 29 heavy (non-hydrogen) atoms. The van der Waals surface area contributed by atoms with Gasteiger partial charge < -0.3 is 10.2 Å². The smallest absolute Gasteiger partial charge is 0.162 e. The Morgan fingerprint density at radius 2 is 1.86 bits per heavy atom. The Labute approximate surface area is 168 Å². The molecule has 0 aliphatic carbocycles. The van der Waals surface area contributed by atoms with Gasteiger partial charge in [-0.05, 0) is 42.8 Å². The molecule has 1 aliphatic heterocycles. The summed E-state index contributed by atoms with van der Waals surface area (Å²) in [5, 5.41) is 8.40. The number of pyridine rings is 1. The lowest BCUT2D eigenvalue weighted by Gasteiger charge is -2.33. The van der Waals surface area contributed by atoms with Gasteiger partial charge in [-0.25, -0.2) is 13.9 Å². The van der Waals surface area contributed by atoms with Gasteiger partial charge in [0.15, 0.2) is 5.65 Å². The van der Waals surface area contributed by atoms with Crippen LogP contribution in [0.4, 0.5) is 10.2 Å². The van der Waals surface area contributed by atoms with Gasteiger partial charge in [0.05, 0.1) is 11.9 Å². The minimum Gasteiger partial charge on any atom is -0.352 e. The van der Waals surface area contributed by atoms with Crippen LogP contribution < -0.4 is 10.2 Å². The first kappa shape index (κ1) is 17.8. The van der Waals surface area contributed by atoms with Gasteiger partial charge in [-0.3, -0.25) is 4.98 Å². The number of rotatable bonds is 3. The van der Waals surface area contributed by atoms with Crippen molar-refractivity contribution >= 4 is 11.5 Å². The average Bonchev–Trinajstić information content (AvgIpc) is 3.18. The van der Waals surface area contributed by atoms with Crippen LogP contribution in [0.2, 0.25) is 0 Å². The molecule has 0 unspecified atom stereocenters. The predicted molar refractivity (Wildman–Crippen MR) is 111 cm³/mol. The Morgan fingerprint density at radius 3 is 2.62 bits per heavy atom. The Balaban J connectivity index is 1.72. The second kappa shape index (κ2) is 7.25. The van der Waals surface area contributed by atoms with Crippen molar-refractivity contribution in [3.63, 3.8) is 0 Å². The molecule has 0 radical (unpaired) electrons. The summed E-state index contributed by atoms with van der Waals surface area (Å²) in [6.45, 7) is 4.84. The van der Waals surface area contributed by atoms with E-state index in [9.17, 15) is 4.39 Å². The highest BCUT2D eigenvalue weighted by Crippen LogP contribution is 2.31. The molecule has 1 aliphatic rings. The topological polar surface area (TPSA) is 58.4 Å². The minimum atomic E-state index is -0.254. The summed E-state index contributed by atoms with van der Waals surface area (Å²) in [6.07, 6.45) is 5.35. The second-order valence-corrected chi connectivity index (χ2v) is 7.34. The molecular weight excluding hydrogens is 367 g/mol.